The third-order valence-corrected chi connectivity index (χ3v) is 2.39. The molecule has 0 aromatic carbocycles. The number of allylic oxidation sites excluding steroid dienone is 1. The van der Waals surface area contributed by atoms with Crippen molar-refractivity contribution in [2.45, 2.75) is 25.8 Å². The van der Waals surface area contributed by atoms with E-state index >= 15 is 0 Å². The topological polar surface area (TPSA) is 12.0 Å². The molecule has 1 aliphatic heterocycles. The summed E-state index contributed by atoms with van der Waals surface area (Å²) in [5.74, 6) is 0.518. The van der Waals surface area contributed by atoms with Gasteiger partial charge in [0.1, 0.15) is 0 Å². The molecule has 0 bridgehead atoms. The van der Waals surface area contributed by atoms with E-state index in [0.717, 1.165) is 12.8 Å². The number of rotatable bonds is 4. The Labute approximate surface area is 74.9 Å². The minimum absolute atomic E-state index is 0.516. The van der Waals surface area contributed by atoms with Gasteiger partial charge in [0.15, 0.2) is 0 Å². The molecule has 1 rings (SSSR count). The molecule has 0 aliphatic carbocycles. The molecule has 12 heavy (non-hydrogen) atoms. The van der Waals surface area contributed by atoms with Crippen LogP contribution in [0.15, 0.2) is 37.1 Å². The third kappa shape index (κ3) is 1.79. The van der Waals surface area contributed by atoms with Crippen LogP contribution in [0.2, 0.25) is 0 Å². The van der Waals surface area contributed by atoms with Gasteiger partial charge in [-0.1, -0.05) is 12.2 Å². The highest BCUT2D eigenvalue weighted by Gasteiger charge is 2.21. The maximum Gasteiger partial charge on any atom is 0.0328 e. The zero-order valence-electron chi connectivity index (χ0n) is 7.72. The monoisotopic (exact) mass is 163 g/mol. The predicted octanol–water partition coefficient (Wildman–Crippen LogP) is 2.63. The van der Waals surface area contributed by atoms with E-state index in [-0.39, 0.29) is 0 Å². The highest BCUT2D eigenvalue weighted by molar-refractivity contribution is 5.20. The molecule has 1 heteroatoms. The second-order valence-electron chi connectivity index (χ2n) is 3.26. The second kappa shape index (κ2) is 4.15. The van der Waals surface area contributed by atoms with Gasteiger partial charge in [-0.15, -0.1) is 13.2 Å². The van der Waals surface area contributed by atoms with E-state index < -0.39 is 0 Å². The third-order valence-electron chi connectivity index (χ3n) is 2.39. The molecule has 0 spiro atoms. The van der Waals surface area contributed by atoms with Gasteiger partial charge in [-0.2, -0.15) is 0 Å². The van der Waals surface area contributed by atoms with Crippen LogP contribution in [0.3, 0.4) is 0 Å². The molecule has 1 nitrogen and oxygen atoms in total. The summed E-state index contributed by atoms with van der Waals surface area (Å²) >= 11 is 0. The summed E-state index contributed by atoms with van der Waals surface area (Å²) < 4.78 is 0. The van der Waals surface area contributed by atoms with Crippen LogP contribution in [0, 0.1) is 5.92 Å². The largest absolute Gasteiger partial charge is 0.388 e. The van der Waals surface area contributed by atoms with Gasteiger partial charge in [0, 0.05) is 12.0 Å². The highest BCUT2D eigenvalue weighted by Crippen LogP contribution is 2.25. The molecule has 2 atom stereocenters. The molecule has 0 saturated heterocycles. The Bertz CT molecular complexity index is 203. The van der Waals surface area contributed by atoms with Crippen molar-refractivity contribution in [2.24, 2.45) is 5.92 Å². The zero-order valence-corrected chi connectivity index (χ0v) is 7.72. The number of hydrogen-bond donors (Lipinski definition) is 1. The van der Waals surface area contributed by atoms with Crippen LogP contribution in [-0.2, 0) is 0 Å². The lowest BCUT2D eigenvalue weighted by molar-refractivity contribution is 0.575. The second-order valence-corrected chi connectivity index (χ2v) is 3.26. The fourth-order valence-electron chi connectivity index (χ4n) is 1.62. The summed E-state index contributed by atoms with van der Waals surface area (Å²) in [4.78, 5) is 0. The number of nitrogens with one attached hydrogen (secondary N) is 1. The first-order chi connectivity index (χ1) is 5.79. The smallest absolute Gasteiger partial charge is 0.0328 e. The average molecular weight is 163 g/mol. The van der Waals surface area contributed by atoms with Gasteiger partial charge in [-0.25, -0.2) is 0 Å². The molecule has 1 aliphatic rings. The van der Waals surface area contributed by atoms with Crippen LogP contribution in [-0.4, -0.2) is 6.04 Å². The van der Waals surface area contributed by atoms with Crippen molar-refractivity contribution in [2.75, 3.05) is 0 Å². The molecule has 0 amide bonds. The summed E-state index contributed by atoms with van der Waals surface area (Å²) in [5, 5.41) is 3.31. The van der Waals surface area contributed by atoms with Crippen molar-refractivity contribution in [3.8, 4) is 0 Å². The van der Waals surface area contributed by atoms with Gasteiger partial charge in [0.25, 0.3) is 0 Å². The van der Waals surface area contributed by atoms with Crippen molar-refractivity contribution in [1.29, 1.82) is 0 Å². The minimum Gasteiger partial charge on any atom is -0.388 e. The molecule has 1 N–H and O–H groups in total. The van der Waals surface area contributed by atoms with E-state index in [1.807, 2.05) is 12.2 Å². The standard InChI is InChI=1S/C11H17N/c1-4-6-7-10-8-12-9(3)11(10)5-2/h4-5,8-9,11-12H,1-2,6-7H2,3H3/t9?,11-/m0/s1. The summed E-state index contributed by atoms with van der Waals surface area (Å²) in [7, 11) is 0. The SMILES string of the molecule is C=CCCC1=CNC(C)[C@@H]1C=C. The molecule has 0 radical (unpaired) electrons. The summed E-state index contributed by atoms with van der Waals surface area (Å²) in [6, 6.07) is 0.516. The van der Waals surface area contributed by atoms with Gasteiger partial charge < -0.3 is 5.32 Å². The molecule has 66 valence electrons. The lowest BCUT2D eigenvalue weighted by Crippen LogP contribution is -2.21. The van der Waals surface area contributed by atoms with E-state index in [2.05, 4.69) is 31.6 Å². The highest BCUT2D eigenvalue weighted by atomic mass is 14.9. The van der Waals surface area contributed by atoms with E-state index in [1.54, 1.807) is 0 Å². The fourth-order valence-corrected chi connectivity index (χ4v) is 1.62. The van der Waals surface area contributed by atoms with Crippen molar-refractivity contribution >= 4 is 0 Å². The van der Waals surface area contributed by atoms with E-state index in [4.69, 9.17) is 0 Å². The van der Waals surface area contributed by atoms with Crippen molar-refractivity contribution in [1.82, 2.24) is 5.32 Å². The first kappa shape index (κ1) is 9.11. The van der Waals surface area contributed by atoms with Gasteiger partial charge >= 0.3 is 0 Å². The summed E-state index contributed by atoms with van der Waals surface area (Å²) in [6.07, 6.45) is 8.28. The Morgan fingerprint density at radius 1 is 1.58 bits per heavy atom. The first-order valence-corrected chi connectivity index (χ1v) is 4.48. The van der Waals surface area contributed by atoms with E-state index in [0.29, 0.717) is 12.0 Å². The van der Waals surface area contributed by atoms with E-state index in [9.17, 15) is 0 Å². The van der Waals surface area contributed by atoms with E-state index in [1.165, 1.54) is 5.57 Å². The summed E-state index contributed by atoms with van der Waals surface area (Å²) in [6.45, 7) is 9.75. The maximum atomic E-state index is 3.84. The van der Waals surface area contributed by atoms with Crippen LogP contribution in [0.25, 0.3) is 0 Å². The van der Waals surface area contributed by atoms with Crippen LogP contribution in [0.5, 0.6) is 0 Å². The Hall–Kier alpha value is -0.980. The van der Waals surface area contributed by atoms with Crippen LogP contribution in [0.4, 0.5) is 0 Å². The predicted molar refractivity (Wildman–Crippen MR) is 53.8 cm³/mol. The molecular weight excluding hydrogens is 146 g/mol. The Morgan fingerprint density at radius 3 is 2.92 bits per heavy atom. The van der Waals surface area contributed by atoms with Crippen LogP contribution in [0.1, 0.15) is 19.8 Å². The Morgan fingerprint density at radius 2 is 2.33 bits per heavy atom. The summed E-state index contributed by atoms with van der Waals surface area (Å²) in [5.41, 5.74) is 1.46. The molecule has 0 fully saturated rings. The Balaban J connectivity index is 2.52. The van der Waals surface area contributed by atoms with Crippen LogP contribution < -0.4 is 5.32 Å². The number of hydrogen-bond acceptors (Lipinski definition) is 1. The lowest BCUT2D eigenvalue weighted by atomic mass is 9.93. The van der Waals surface area contributed by atoms with Crippen molar-refractivity contribution in [3.05, 3.63) is 37.1 Å². The molecular formula is C11H17N. The Kier molecular flexibility index (Phi) is 3.15. The molecule has 1 unspecified atom stereocenters. The van der Waals surface area contributed by atoms with Gasteiger partial charge in [-0.3, -0.25) is 0 Å². The van der Waals surface area contributed by atoms with Crippen LogP contribution >= 0.6 is 0 Å². The molecule has 0 aromatic heterocycles. The normalized spacial score (nSPS) is 27.6. The van der Waals surface area contributed by atoms with Crippen molar-refractivity contribution in [3.63, 3.8) is 0 Å². The minimum atomic E-state index is 0.516. The maximum absolute atomic E-state index is 3.84. The first-order valence-electron chi connectivity index (χ1n) is 4.48. The molecule has 1 heterocycles. The van der Waals surface area contributed by atoms with Crippen molar-refractivity contribution < 1.29 is 0 Å². The lowest BCUT2D eigenvalue weighted by Gasteiger charge is -2.14. The zero-order chi connectivity index (χ0) is 8.97. The van der Waals surface area contributed by atoms with Gasteiger partial charge in [0.05, 0.1) is 0 Å². The quantitative estimate of drug-likeness (QED) is 0.628. The average Bonchev–Trinajstić information content (AvgIpc) is 2.43. The van der Waals surface area contributed by atoms with Gasteiger partial charge in [0.2, 0.25) is 0 Å². The molecule has 0 aromatic rings. The fraction of sp³-hybridized carbons (Fsp3) is 0.455. The van der Waals surface area contributed by atoms with Gasteiger partial charge in [-0.05, 0) is 31.5 Å². The molecule has 0 saturated carbocycles.